The molecule has 1 amide bonds. The first-order valence-corrected chi connectivity index (χ1v) is 6.50. The number of halogens is 3. The van der Waals surface area contributed by atoms with Gasteiger partial charge in [0.2, 0.25) is 5.91 Å². The number of rotatable bonds is 3. The van der Waals surface area contributed by atoms with E-state index in [-0.39, 0.29) is 10.7 Å². The van der Waals surface area contributed by atoms with Gasteiger partial charge in [-0.25, -0.2) is 4.39 Å². The van der Waals surface area contributed by atoms with Gasteiger partial charge in [0, 0.05) is 11.1 Å². The van der Waals surface area contributed by atoms with E-state index in [0.717, 1.165) is 5.56 Å². The van der Waals surface area contributed by atoms with Gasteiger partial charge in [0.05, 0.1) is 10.7 Å². The Balaban J connectivity index is 2.08. The van der Waals surface area contributed by atoms with E-state index < -0.39 is 11.7 Å². The lowest BCUT2D eigenvalue weighted by atomic mass is 10.2. The number of carbonyl (C=O) groups excluding carboxylic acids is 1. The summed E-state index contributed by atoms with van der Waals surface area (Å²) in [6.45, 7) is 0. The summed E-state index contributed by atoms with van der Waals surface area (Å²) in [6, 6.07) is 11.4. The van der Waals surface area contributed by atoms with Crippen LogP contribution in [-0.4, -0.2) is 5.91 Å². The number of carbonyl (C=O) groups is 1. The van der Waals surface area contributed by atoms with Crippen LogP contribution in [-0.2, 0) is 4.79 Å². The fraction of sp³-hybridized carbons (Fsp3) is 0. The maximum Gasteiger partial charge on any atom is 0.248 e. The summed E-state index contributed by atoms with van der Waals surface area (Å²) < 4.78 is 13.6. The van der Waals surface area contributed by atoms with Gasteiger partial charge in [-0.05, 0) is 35.9 Å². The second-order valence-electron chi connectivity index (χ2n) is 3.98. The summed E-state index contributed by atoms with van der Waals surface area (Å²) in [5.41, 5.74) is 0.817. The van der Waals surface area contributed by atoms with Crippen molar-refractivity contribution in [3.8, 4) is 0 Å². The normalized spacial score (nSPS) is 10.8. The number of nitrogens with one attached hydrogen (secondary N) is 1. The third-order valence-corrected chi connectivity index (χ3v) is 3.01. The molecule has 0 aromatic heterocycles. The molecule has 0 aliphatic carbocycles. The molecule has 0 unspecified atom stereocenters. The van der Waals surface area contributed by atoms with Crippen LogP contribution in [0.5, 0.6) is 0 Å². The summed E-state index contributed by atoms with van der Waals surface area (Å²) in [5.74, 6) is -1.11. The van der Waals surface area contributed by atoms with Crippen molar-refractivity contribution >= 4 is 40.9 Å². The Kier molecular flexibility index (Phi) is 4.77. The third kappa shape index (κ3) is 3.83. The van der Waals surface area contributed by atoms with Crippen LogP contribution in [0.3, 0.4) is 0 Å². The molecule has 20 heavy (non-hydrogen) atoms. The van der Waals surface area contributed by atoms with Crippen LogP contribution >= 0.6 is 23.2 Å². The number of amides is 1. The molecule has 102 valence electrons. The van der Waals surface area contributed by atoms with Gasteiger partial charge in [-0.1, -0.05) is 41.4 Å². The summed E-state index contributed by atoms with van der Waals surface area (Å²) in [4.78, 5) is 11.7. The predicted octanol–water partition coefficient (Wildman–Crippen LogP) is 4.78. The molecule has 0 saturated carbocycles. The van der Waals surface area contributed by atoms with Gasteiger partial charge in [0.1, 0.15) is 0 Å². The molecular weight excluding hydrogens is 300 g/mol. The molecule has 2 aromatic carbocycles. The van der Waals surface area contributed by atoms with Crippen LogP contribution in [0.4, 0.5) is 10.1 Å². The van der Waals surface area contributed by atoms with Crippen LogP contribution in [0.2, 0.25) is 10.0 Å². The Hall–Kier alpha value is -1.84. The van der Waals surface area contributed by atoms with E-state index in [9.17, 15) is 9.18 Å². The molecule has 1 N–H and O–H groups in total. The molecule has 0 atom stereocenters. The molecule has 0 bridgehead atoms. The van der Waals surface area contributed by atoms with E-state index in [1.54, 1.807) is 36.4 Å². The maximum absolute atomic E-state index is 13.6. The van der Waals surface area contributed by atoms with Gasteiger partial charge in [-0.2, -0.15) is 0 Å². The molecule has 2 rings (SSSR count). The zero-order chi connectivity index (χ0) is 14.5. The summed E-state index contributed by atoms with van der Waals surface area (Å²) in [5, 5.41) is 2.95. The van der Waals surface area contributed by atoms with Gasteiger partial charge < -0.3 is 5.32 Å². The minimum absolute atomic E-state index is 0.0400. The molecule has 5 heteroatoms. The predicted molar refractivity (Wildman–Crippen MR) is 80.5 cm³/mol. The second kappa shape index (κ2) is 6.55. The smallest absolute Gasteiger partial charge is 0.248 e. The molecule has 0 radical (unpaired) electrons. The molecule has 2 nitrogen and oxygen atoms in total. The lowest BCUT2D eigenvalue weighted by Gasteiger charge is -2.04. The van der Waals surface area contributed by atoms with Crippen molar-refractivity contribution in [2.45, 2.75) is 0 Å². The van der Waals surface area contributed by atoms with Gasteiger partial charge in [0.25, 0.3) is 0 Å². The summed E-state index contributed by atoms with van der Waals surface area (Å²) in [7, 11) is 0. The monoisotopic (exact) mass is 309 g/mol. The van der Waals surface area contributed by atoms with E-state index in [1.165, 1.54) is 18.2 Å². The van der Waals surface area contributed by atoms with E-state index in [1.807, 2.05) is 0 Å². The van der Waals surface area contributed by atoms with Crippen LogP contribution in [0, 0.1) is 5.82 Å². The van der Waals surface area contributed by atoms with Gasteiger partial charge >= 0.3 is 0 Å². The standard InChI is InChI=1S/C15H10Cl2FNO/c16-11-4-1-3-10(9-11)7-8-14(20)19-13-6-2-5-12(17)15(13)18/h1-9H,(H,19,20)/b8-7+. The molecule has 0 aliphatic heterocycles. The molecule has 0 saturated heterocycles. The highest BCUT2D eigenvalue weighted by Crippen LogP contribution is 2.22. The van der Waals surface area contributed by atoms with E-state index >= 15 is 0 Å². The van der Waals surface area contributed by atoms with E-state index in [0.29, 0.717) is 5.02 Å². The van der Waals surface area contributed by atoms with E-state index in [2.05, 4.69) is 5.32 Å². The van der Waals surface area contributed by atoms with Crippen molar-refractivity contribution in [1.29, 1.82) is 0 Å². The Morgan fingerprint density at radius 3 is 2.65 bits per heavy atom. The maximum atomic E-state index is 13.6. The Morgan fingerprint density at radius 1 is 1.15 bits per heavy atom. The average molecular weight is 310 g/mol. The van der Waals surface area contributed by atoms with Gasteiger partial charge in [-0.15, -0.1) is 0 Å². The number of benzene rings is 2. The minimum atomic E-state index is -0.654. The van der Waals surface area contributed by atoms with Crippen LogP contribution < -0.4 is 5.32 Å². The van der Waals surface area contributed by atoms with Gasteiger partial charge in [0.15, 0.2) is 5.82 Å². The van der Waals surface area contributed by atoms with Crippen LogP contribution in [0.1, 0.15) is 5.56 Å². The van der Waals surface area contributed by atoms with E-state index in [4.69, 9.17) is 23.2 Å². The molecule has 0 fully saturated rings. The van der Waals surface area contributed by atoms with Crippen molar-refractivity contribution < 1.29 is 9.18 Å². The highest BCUT2D eigenvalue weighted by Gasteiger charge is 2.07. The molecule has 0 aliphatic rings. The lowest BCUT2D eigenvalue weighted by molar-refractivity contribution is -0.111. The zero-order valence-corrected chi connectivity index (χ0v) is 11.8. The topological polar surface area (TPSA) is 29.1 Å². The number of hydrogen-bond acceptors (Lipinski definition) is 1. The first-order valence-electron chi connectivity index (χ1n) is 5.75. The highest BCUT2D eigenvalue weighted by atomic mass is 35.5. The molecule has 0 spiro atoms. The number of hydrogen-bond donors (Lipinski definition) is 1. The van der Waals surface area contributed by atoms with Gasteiger partial charge in [-0.3, -0.25) is 4.79 Å². The summed E-state index contributed by atoms with van der Waals surface area (Å²) >= 11 is 11.5. The quantitative estimate of drug-likeness (QED) is 0.812. The first kappa shape index (κ1) is 14.6. The molecular formula is C15H10Cl2FNO. The number of anilines is 1. The Labute approximate surface area is 125 Å². The van der Waals surface area contributed by atoms with Crippen LogP contribution in [0.15, 0.2) is 48.5 Å². The minimum Gasteiger partial charge on any atom is -0.320 e. The second-order valence-corrected chi connectivity index (χ2v) is 4.82. The Morgan fingerprint density at radius 2 is 1.90 bits per heavy atom. The fourth-order valence-corrected chi connectivity index (χ4v) is 1.93. The molecule has 2 aromatic rings. The SMILES string of the molecule is O=C(/C=C/c1cccc(Cl)c1)Nc1cccc(Cl)c1F. The van der Waals surface area contributed by atoms with Crippen molar-refractivity contribution in [1.82, 2.24) is 0 Å². The average Bonchev–Trinajstić information content (AvgIpc) is 2.42. The lowest BCUT2D eigenvalue weighted by Crippen LogP contribution is -2.09. The summed E-state index contributed by atoms with van der Waals surface area (Å²) in [6.07, 6.45) is 2.88. The molecule has 0 heterocycles. The zero-order valence-electron chi connectivity index (χ0n) is 10.2. The van der Waals surface area contributed by atoms with Crippen molar-refractivity contribution in [3.63, 3.8) is 0 Å². The highest BCUT2D eigenvalue weighted by molar-refractivity contribution is 6.31. The van der Waals surface area contributed by atoms with Crippen molar-refractivity contribution in [2.24, 2.45) is 0 Å². The fourth-order valence-electron chi connectivity index (χ4n) is 1.56. The van der Waals surface area contributed by atoms with Crippen molar-refractivity contribution in [3.05, 3.63) is 70.0 Å². The van der Waals surface area contributed by atoms with Crippen LogP contribution in [0.25, 0.3) is 6.08 Å². The van der Waals surface area contributed by atoms with Crippen molar-refractivity contribution in [2.75, 3.05) is 5.32 Å². The largest absolute Gasteiger partial charge is 0.320 e. The first-order chi connectivity index (χ1) is 9.56. The third-order valence-electron chi connectivity index (χ3n) is 2.49. The Bertz CT molecular complexity index is 671.